The minimum atomic E-state index is -0.146. The van der Waals surface area contributed by atoms with Crippen molar-refractivity contribution in [2.24, 2.45) is 0 Å². The Hall–Kier alpha value is -4.13. The summed E-state index contributed by atoms with van der Waals surface area (Å²) < 4.78 is 9.35. The van der Waals surface area contributed by atoms with Gasteiger partial charge in [0.25, 0.3) is 0 Å². The molecule has 0 saturated carbocycles. The van der Waals surface area contributed by atoms with E-state index in [1.807, 2.05) is 60.7 Å². The second-order valence-corrected chi connectivity index (χ2v) is 8.05. The van der Waals surface area contributed by atoms with Gasteiger partial charge >= 0.3 is 5.69 Å². The first-order valence-electron chi connectivity index (χ1n) is 11.0. The first-order chi connectivity index (χ1) is 16.2. The van der Waals surface area contributed by atoms with Crippen LogP contribution in [0.2, 0.25) is 0 Å². The topological polar surface area (TPSA) is 69.4 Å². The summed E-state index contributed by atoms with van der Waals surface area (Å²) in [6, 6.07) is 18.7. The van der Waals surface area contributed by atoms with Gasteiger partial charge in [-0.2, -0.15) is 0 Å². The van der Waals surface area contributed by atoms with Gasteiger partial charge in [-0.15, -0.1) is 0 Å². The van der Waals surface area contributed by atoms with Crippen LogP contribution in [0.1, 0.15) is 18.9 Å². The number of imidazole rings is 1. The van der Waals surface area contributed by atoms with E-state index < -0.39 is 0 Å². The summed E-state index contributed by atoms with van der Waals surface area (Å²) in [6.45, 7) is 4.76. The van der Waals surface area contributed by atoms with Crippen molar-refractivity contribution < 1.29 is 9.53 Å². The Kier molecular flexibility index (Phi) is 5.52. The molecule has 1 atom stereocenters. The van der Waals surface area contributed by atoms with Gasteiger partial charge in [-0.25, -0.2) is 4.79 Å². The molecule has 3 heterocycles. The molecule has 1 fully saturated rings. The van der Waals surface area contributed by atoms with Crippen LogP contribution in [-0.2, 0) is 4.79 Å². The van der Waals surface area contributed by atoms with E-state index in [1.165, 1.54) is 6.08 Å². The molecule has 166 valence electrons. The molecule has 0 aliphatic carbocycles. The Balaban J connectivity index is 1.52. The van der Waals surface area contributed by atoms with Crippen LogP contribution in [-0.4, -0.2) is 38.0 Å². The number of rotatable bonds is 5. The van der Waals surface area contributed by atoms with Crippen molar-refractivity contribution in [1.82, 2.24) is 19.0 Å². The lowest BCUT2D eigenvalue weighted by Gasteiger charge is -2.32. The zero-order valence-electron chi connectivity index (χ0n) is 18.1. The van der Waals surface area contributed by atoms with Crippen molar-refractivity contribution in [3.05, 3.63) is 96.2 Å². The van der Waals surface area contributed by atoms with E-state index in [-0.39, 0.29) is 17.6 Å². The molecule has 0 radical (unpaired) electrons. The monoisotopic (exact) mass is 440 g/mol. The van der Waals surface area contributed by atoms with Gasteiger partial charge in [0.05, 0.1) is 29.0 Å². The quantitative estimate of drug-likeness (QED) is 0.433. The minimum Gasteiger partial charge on any atom is -0.457 e. The minimum absolute atomic E-state index is 0.104. The van der Waals surface area contributed by atoms with Crippen LogP contribution in [0.4, 0.5) is 0 Å². The smallest absolute Gasteiger partial charge is 0.334 e. The summed E-state index contributed by atoms with van der Waals surface area (Å²) in [6.07, 6.45) is 6.38. The van der Waals surface area contributed by atoms with Crippen molar-refractivity contribution in [2.45, 2.75) is 18.9 Å². The maximum Gasteiger partial charge on any atom is 0.334 e. The number of carbonyl (C=O) groups is 1. The second kappa shape index (κ2) is 8.78. The van der Waals surface area contributed by atoms with Crippen LogP contribution >= 0.6 is 0 Å². The Morgan fingerprint density at radius 3 is 2.55 bits per heavy atom. The second-order valence-electron chi connectivity index (χ2n) is 8.05. The van der Waals surface area contributed by atoms with Crippen LogP contribution in [0.5, 0.6) is 11.5 Å². The predicted molar refractivity (Wildman–Crippen MR) is 127 cm³/mol. The number of nitrogens with zero attached hydrogens (tertiary/aromatic N) is 4. The first kappa shape index (κ1) is 20.8. The standard InChI is InChI=1S/C26H24N4O3/c1-2-25(31)28-16-6-7-20(18-28)30-23-14-15-27-17-24(23)29(26(30)32)19-10-12-22(13-11-19)33-21-8-4-3-5-9-21/h2-5,8-15,17,20H,1,6-7,16,18H2/t20-/m1/s1. The van der Waals surface area contributed by atoms with Gasteiger partial charge in [-0.1, -0.05) is 24.8 Å². The van der Waals surface area contributed by atoms with Crippen LogP contribution in [0.3, 0.4) is 0 Å². The number of amides is 1. The fourth-order valence-corrected chi connectivity index (χ4v) is 4.45. The molecule has 1 saturated heterocycles. The van der Waals surface area contributed by atoms with Gasteiger partial charge in [0, 0.05) is 19.3 Å². The van der Waals surface area contributed by atoms with Crippen molar-refractivity contribution in [3.8, 4) is 17.2 Å². The summed E-state index contributed by atoms with van der Waals surface area (Å²) in [4.78, 5) is 31.8. The van der Waals surface area contributed by atoms with E-state index in [0.29, 0.717) is 18.8 Å². The number of pyridine rings is 1. The molecule has 5 rings (SSSR count). The lowest BCUT2D eigenvalue weighted by molar-refractivity contribution is -0.127. The molecule has 33 heavy (non-hydrogen) atoms. The average molecular weight is 441 g/mol. The lowest BCUT2D eigenvalue weighted by Crippen LogP contribution is -2.42. The van der Waals surface area contributed by atoms with Crippen LogP contribution in [0.15, 0.2) is 90.5 Å². The van der Waals surface area contributed by atoms with Crippen LogP contribution in [0, 0.1) is 0 Å². The van der Waals surface area contributed by atoms with Crippen molar-refractivity contribution in [3.63, 3.8) is 0 Å². The molecule has 0 bridgehead atoms. The summed E-state index contributed by atoms with van der Waals surface area (Å²) in [5.41, 5.74) is 2.11. The molecule has 7 heteroatoms. The normalized spacial score (nSPS) is 16.0. The van der Waals surface area contributed by atoms with E-state index in [2.05, 4.69) is 11.6 Å². The van der Waals surface area contributed by atoms with Crippen LogP contribution in [0.25, 0.3) is 16.7 Å². The molecule has 2 aromatic carbocycles. The third-order valence-electron chi connectivity index (χ3n) is 6.00. The Labute approximate surface area is 191 Å². The van der Waals surface area contributed by atoms with E-state index >= 15 is 0 Å². The summed E-state index contributed by atoms with van der Waals surface area (Å²) >= 11 is 0. The number of para-hydroxylation sites is 1. The zero-order valence-corrected chi connectivity index (χ0v) is 18.1. The van der Waals surface area contributed by atoms with E-state index in [4.69, 9.17) is 4.74 Å². The highest BCUT2D eigenvalue weighted by atomic mass is 16.5. The summed E-state index contributed by atoms with van der Waals surface area (Å²) in [7, 11) is 0. The van der Waals surface area contributed by atoms with Gasteiger partial charge in [-0.3, -0.25) is 18.9 Å². The van der Waals surface area contributed by atoms with E-state index in [0.717, 1.165) is 35.3 Å². The lowest BCUT2D eigenvalue weighted by atomic mass is 10.1. The van der Waals surface area contributed by atoms with Crippen molar-refractivity contribution in [1.29, 1.82) is 0 Å². The molecule has 4 aromatic rings. The average Bonchev–Trinajstić information content (AvgIpc) is 3.16. The maximum atomic E-state index is 13.7. The van der Waals surface area contributed by atoms with E-state index in [9.17, 15) is 9.59 Å². The molecule has 1 amide bonds. The number of likely N-dealkylation sites (tertiary alicyclic amines) is 1. The highest BCUT2D eigenvalue weighted by Gasteiger charge is 2.27. The molecule has 0 unspecified atom stereocenters. The molecule has 1 aliphatic rings. The SMILES string of the molecule is C=CC(=O)N1CCC[C@@H](n2c(=O)n(-c3ccc(Oc4ccccc4)cc3)c3cnccc32)C1. The number of hydrogen-bond donors (Lipinski definition) is 0. The number of benzene rings is 2. The molecular weight excluding hydrogens is 416 g/mol. The Morgan fingerprint density at radius 2 is 1.79 bits per heavy atom. The first-order valence-corrected chi connectivity index (χ1v) is 11.0. The van der Waals surface area contributed by atoms with Gasteiger partial charge in [0.15, 0.2) is 0 Å². The number of fused-ring (bicyclic) bond motifs is 1. The number of hydrogen-bond acceptors (Lipinski definition) is 4. The largest absolute Gasteiger partial charge is 0.457 e. The zero-order chi connectivity index (χ0) is 22.8. The molecule has 2 aromatic heterocycles. The number of ether oxygens (including phenoxy) is 1. The Bertz CT molecular complexity index is 1360. The molecular formula is C26H24N4O3. The maximum absolute atomic E-state index is 13.7. The predicted octanol–water partition coefficient (Wildman–Crippen LogP) is 4.33. The van der Waals surface area contributed by atoms with Gasteiger partial charge in [0.1, 0.15) is 11.5 Å². The highest BCUT2D eigenvalue weighted by Crippen LogP contribution is 2.27. The molecule has 7 nitrogen and oxygen atoms in total. The summed E-state index contributed by atoms with van der Waals surface area (Å²) in [5, 5.41) is 0. The van der Waals surface area contributed by atoms with Gasteiger partial charge in [0.2, 0.25) is 5.91 Å². The third-order valence-corrected chi connectivity index (χ3v) is 6.00. The Morgan fingerprint density at radius 1 is 1.03 bits per heavy atom. The highest BCUT2D eigenvalue weighted by molar-refractivity contribution is 5.87. The molecule has 1 aliphatic heterocycles. The van der Waals surface area contributed by atoms with Crippen molar-refractivity contribution >= 4 is 16.9 Å². The molecule has 0 spiro atoms. The van der Waals surface area contributed by atoms with E-state index in [1.54, 1.807) is 26.4 Å². The van der Waals surface area contributed by atoms with Crippen molar-refractivity contribution in [2.75, 3.05) is 13.1 Å². The molecule has 0 N–H and O–H groups in total. The van der Waals surface area contributed by atoms with Gasteiger partial charge < -0.3 is 9.64 Å². The summed E-state index contributed by atoms with van der Waals surface area (Å²) in [5.74, 6) is 1.33. The number of aromatic nitrogens is 3. The third kappa shape index (κ3) is 3.93. The van der Waals surface area contributed by atoms with Gasteiger partial charge in [-0.05, 0) is 61.4 Å². The fraction of sp³-hybridized carbons (Fsp3) is 0.192. The number of carbonyl (C=O) groups excluding carboxylic acids is 1. The fourth-order valence-electron chi connectivity index (χ4n) is 4.45. The van der Waals surface area contributed by atoms with Crippen LogP contribution < -0.4 is 10.4 Å². The number of piperidine rings is 1.